The molecular weight excluding hydrogens is 216 g/mol. The zero-order valence-corrected chi connectivity index (χ0v) is 10.8. The zero-order chi connectivity index (χ0) is 12.8. The Labute approximate surface area is 102 Å². The van der Waals surface area contributed by atoms with E-state index in [-0.39, 0.29) is 18.0 Å². The maximum Gasteiger partial charge on any atom is 0.236 e. The van der Waals surface area contributed by atoms with Crippen molar-refractivity contribution in [2.24, 2.45) is 0 Å². The van der Waals surface area contributed by atoms with Gasteiger partial charge in [-0.1, -0.05) is 0 Å². The van der Waals surface area contributed by atoms with Gasteiger partial charge in [0.25, 0.3) is 0 Å². The van der Waals surface area contributed by atoms with Gasteiger partial charge in [-0.15, -0.1) is 0 Å². The van der Waals surface area contributed by atoms with E-state index in [1.54, 1.807) is 12.4 Å². The van der Waals surface area contributed by atoms with Gasteiger partial charge in [0.1, 0.15) is 0 Å². The highest BCUT2D eigenvalue weighted by Gasteiger charge is 2.17. The van der Waals surface area contributed by atoms with E-state index in [9.17, 15) is 4.79 Å². The molecule has 0 aliphatic heterocycles. The maximum atomic E-state index is 11.6. The Kier molecular flexibility index (Phi) is 5.03. The van der Waals surface area contributed by atoms with Crippen LogP contribution in [-0.4, -0.2) is 28.5 Å². The Hall–Kier alpha value is -1.49. The van der Waals surface area contributed by atoms with Crippen LogP contribution in [0, 0.1) is 6.92 Å². The number of likely N-dealkylation sites (N-methyl/N-ethyl adjacent to an activating group) is 1. The van der Waals surface area contributed by atoms with Crippen LogP contribution in [0.4, 0.5) is 0 Å². The Morgan fingerprint density at radius 3 is 2.59 bits per heavy atom. The third-order valence-corrected chi connectivity index (χ3v) is 2.57. The van der Waals surface area contributed by atoms with Gasteiger partial charge in [-0.25, -0.2) is 0 Å². The average Bonchev–Trinajstić information content (AvgIpc) is 2.29. The second kappa shape index (κ2) is 6.30. The van der Waals surface area contributed by atoms with Gasteiger partial charge in [-0.05, 0) is 27.7 Å². The lowest BCUT2D eigenvalue weighted by Gasteiger charge is -2.19. The summed E-state index contributed by atoms with van der Waals surface area (Å²) in [5.74, 6) is 0.000827. The SMILES string of the molecule is CCNC(=O)C(C)NC(C)c1nccnc1C. The predicted molar refractivity (Wildman–Crippen MR) is 66.5 cm³/mol. The minimum atomic E-state index is -0.244. The highest BCUT2D eigenvalue weighted by Crippen LogP contribution is 2.12. The Morgan fingerprint density at radius 1 is 1.35 bits per heavy atom. The van der Waals surface area contributed by atoms with E-state index in [2.05, 4.69) is 20.6 Å². The van der Waals surface area contributed by atoms with Crippen LogP contribution in [0.15, 0.2) is 12.4 Å². The summed E-state index contributed by atoms with van der Waals surface area (Å²) in [6, 6.07) is -0.243. The largest absolute Gasteiger partial charge is 0.355 e. The molecule has 0 saturated carbocycles. The second-order valence-corrected chi connectivity index (χ2v) is 4.03. The molecule has 1 aromatic heterocycles. The number of nitrogens with one attached hydrogen (secondary N) is 2. The molecule has 2 unspecified atom stereocenters. The van der Waals surface area contributed by atoms with Gasteiger partial charge in [0, 0.05) is 25.0 Å². The van der Waals surface area contributed by atoms with Crippen molar-refractivity contribution < 1.29 is 4.79 Å². The van der Waals surface area contributed by atoms with Crippen molar-refractivity contribution in [3.8, 4) is 0 Å². The van der Waals surface area contributed by atoms with Crippen molar-refractivity contribution in [2.75, 3.05) is 6.54 Å². The molecule has 0 fully saturated rings. The van der Waals surface area contributed by atoms with Gasteiger partial charge in [0.15, 0.2) is 0 Å². The molecule has 0 saturated heterocycles. The first kappa shape index (κ1) is 13.6. The van der Waals surface area contributed by atoms with Gasteiger partial charge in [-0.3, -0.25) is 20.1 Å². The molecule has 17 heavy (non-hydrogen) atoms. The van der Waals surface area contributed by atoms with Crippen molar-refractivity contribution in [3.05, 3.63) is 23.8 Å². The fourth-order valence-electron chi connectivity index (χ4n) is 1.70. The standard InChI is InChI=1S/C12H20N4O/c1-5-13-12(17)10(4)16-9(3)11-8(2)14-6-7-15-11/h6-7,9-10,16H,5H2,1-4H3,(H,13,17). The molecule has 0 spiro atoms. The van der Waals surface area contributed by atoms with Gasteiger partial charge >= 0.3 is 0 Å². The predicted octanol–water partition coefficient (Wildman–Crippen LogP) is 0.960. The average molecular weight is 236 g/mol. The molecule has 2 atom stereocenters. The Balaban J connectivity index is 2.63. The minimum Gasteiger partial charge on any atom is -0.355 e. The van der Waals surface area contributed by atoms with Crippen LogP contribution in [0.3, 0.4) is 0 Å². The number of carbonyl (C=O) groups excluding carboxylic acids is 1. The number of hydrogen-bond acceptors (Lipinski definition) is 4. The summed E-state index contributed by atoms with van der Waals surface area (Å²) in [5.41, 5.74) is 1.76. The number of amides is 1. The lowest BCUT2D eigenvalue weighted by Crippen LogP contribution is -2.43. The molecule has 5 nitrogen and oxygen atoms in total. The van der Waals surface area contributed by atoms with E-state index < -0.39 is 0 Å². The topological polar surface area (TPSA) is 66.9 Å². The van der Waals surface area contributed by atoms with E-state index >= 15 is 0 Å². The summed E-state index contributed by atoms with van der Waals surface area (Å²) < 4.78 is 0. The summed E-state index contributed by atoms with van der Waals surface area (Å²) in [6.07, 6.45) is 3.33. The highest BCUT2D eigenvalue weighted by atomic mass is 16.2. The monoisotopic (exact) mass is 236 g/mol. The summed E-state index contributed by atoms with van der Waals surface area (Å²) in [7, 11) is 0. The van der Waals surface area contributed by atoms with E-state index in [1.807, 2.05) is 27.7 Å². The summed E-state index contributed by atoms with van der Waals surface area (Å²) in [4.78, 5) is 20.1. The molecule has 0 aliphatic carbocycles. The lowest BCUT2D eigenvalue weighted by atomic mass is 10.1. The molecule has 94 valence electrons. The molecular formula is C12H20N4O. The highest BCUT2D eigenvalue weighted by molar-refractivity contribution is 5.81. The van der Waals surface area contributed by atoms with E-state index in [0.717, 1.165) is 11.4 Å². The fraction of sp³-hybridized carbons (Fsp3) is 0.583. The third-order valence-electron chi connectivity index (χ3n) is 2.57. The zero-order valence-electron chi connectivity index (χ0n) is 10.8. The fourth-order valence-corrected chi connectivity index (χ4v) is 1.70. The van der Waals surface area contributed by atoms with Gasteiger partial charge < -0.3 is 5.32 Å². The molecule has 1 amide bonds. The van der Waals surface area contributed by atoms with Crippen molar-refractivity contribution in [3.63, 3.8) is 0 Å². The first-order valence-corrected chi connectivity index (χ1v) is 5.87. The molecule has 0 bridgehead atoms. The van der Waals surface area contributed by atoms with E-state index in [0.29, 0.717) is 6.54 Å². The van der Waals surface area contributed by atoms with Gasteiger partial charge in [-0.2, -0.15) is 0 Å². The third kappa shape index (κ3) is 3.78. The van der Waals surface area contributed by atoms with Crippen molar-refractivity contribution in [1.82, 2.24) is 20.6 Å². The molecule has 1 aromatic rings. The number of aromatic nitrogens is 2. The van der Waals surface area contributed by atoms with Crippen LogP contribution in [0.2, 0.25) is 0 Å². The van der Waals surface area contributed by atoms with Gasteiger partial charge in [0.05, 0.1) is 17.4 Å². The molecule has 1 heterocycles. The number of nitrogens with zero attached hydrogens (tertiary/aromatic N) is 2. The minimum absolute atomic E-state index is 0.000827. The van der Waals surface area contributed by atoms with Crippen LogP contribution in [0.5, 0.6) is 0 Å². The smallest absolute Gasteiger partial charge is 0.236 e. The molecule has 2 N–H and O–H groups in total. The van der Waals surface area contributed by atoms with Crippen LogP contribution in [0.1, 0.15) is 38.2 Å². The first-order valence-electron chi connectivity index (χ1n) is 5.87. The van der Waals surface area contributed by atoms with Crippen molar-refractivity contribution in [1.29, 1.82) is 0 Å². The van der Waals surface area contributed by atoms with Crippen molar-refractivity contribution >= 4 is 5.91 Å². The van der Waals surface area contributed by atoms with Gasteiger partial charge in [0.2, 0.25) is 5.91 Å². The molecule has 0 aliphatic rings. The number of rotatable bonds is 5. The van der Waals surface area contributed by atoms with E-state index in [1.165, 1.54) is 0 Å². The number of carbonyl (C=O) groups is 1. The summed E-state index contributed by atoms with van der Waals surface area (Å²) >= 11 is 0. The van der Waals surface area contributed by atoms with Crippen molar-refractivity contribution in [2.45, 2.75) is 39.8 Å². The van der Waals surface area contributed by atoms with Crippen LogP contribution in [0.25, 0.3) is 0 Å². The first-order chi connectivity index (χ1) is 8.06. The van der Waals surface area contributed by atoms with Crippen LogP contribution < -0.4 is 10.6 Å². The molecule has 5 heteroatoms. The number of hydrogen-bond donors (Lipinski definition) is 2. The number of aryl methyl sites for hydroxylation is 1. The molecule has 0 radical (unpaired) electrons. The summed E-state index contributed by atoms with van der Waals surface area (Å²) in [6.45, 7) is 8.28. The van der Waals surface area contributed by atoms with E-state index in [4.69, 9.17) is 0 Å². The summed E-state index contributed by atoms with van der Waals surface area (Å²) in [5, 5.41) is 5.99. The lowest BCUT2D eigenvalue weighted by molar-refractivity contribution is -0.122. The Bertz CT molecular complexity index is 381. The maximum absolute atomic E-state index is 11.6. The van der Waals surface area contributed by atoms with Crippen LogP contribution in [-0.2, 0) is 4.79 Å². The normalized spacial score (nSPS) is 14.1. The quantitative estimate of drug-likeness (QED) is 0.799. The molecule has 1 rings (SSSR count). The molecule has 0 aromatic carbocycles. The van der Waals surface area contributed by atoms with Crippen LogP contribution >= 0.6 is 0 Å². The second-order valence-electron chi connectivity index (χ2n) is 4.03. The Morgan fingerprint density at radius 2 is 2.00 bits per heavy atom.